The molecule has 1 saturated heterocycles. The highest BCUT2D eigenvalue weighted by atomic mass is 35.5. The molecule has 8 heteroatoms. The van der Waals surface area contributed by atoms with Crippen LogP contribution in [0.4, 0.5) is 0 Å². The fourth-order valence-corrected chi connectivity index (χ4v) is 3.77. The molecule has 26 heavy (non-hydrogen) atoms. The molecule has 1 fully saturated rings. The summed E-state index contributed by atoms with van der Waals surface area (Å²) in [4.78, 5) is 25.5. The van der Waals surface area contributed by atoms with E-state index in [2.05, 4.69) is 15.0 Å². The van der Waals surface area contributed by atoms with Crippen LogP contribution in [0.1, 0.15) is 18.0 Å². The Kier molecular flexibility index (Phi) is 9.25. The van der Waals surface area contributed by atoms with Crippen molar-refractivity contribution in [1.29, 1.82) is 0 Å². The molecule has 0 spiro atoms. The molecular formula is C18H25ClN2O4S. The van der Waals surface area contributed by atoms with Crippen LogP contribution in [0.15, 0.2) is 24.3 Å². The Morgan fingerprint density at radius 2 is 2.08 bits per heavy atom. The quantitative estimate of drug-likeness (QED) is 0.506. The number of amides is 1. The lowest BCUT2D eigenvalue weighted by atomic mass is 10.0. The van der Waals surface area contributed by atoms with E-state index in [0.29, 0.717) is 37.0 Å². The van der Waals surface area contributed by atoms with E-state index in [1.807, 2.05) is 24.3 Å². The lowest BCUT2D eigenvalue weighted by Crippen LogP contribution is -2.44. The molecule has 1 unspecified atom stereocenters. The third-order valence-electron chi connectivity index (χ3n) is 4.16. The predicted molar refractivity (Wildman–Crippen MR) is 104 cm³/mol. The molecule has 1 N–H and O–H groups in total. The van der Waals surface area contributed by atoms with Crippen molar-refractivity contribution in [2.45, 2.75) is 12.5 Å². The molecule has 0 saturated carbocycles. The van der Waals surface area contributed by atoms with Gasteiger partial charge in [-0.25, -0.2) is 0 Å². The molecule has 1 aromatic carbocycles. The third-order valence-corrected chi connectivity index (χ3v) is 5.44. The van der Waals surface area contributed by atoms with Crippen LogP contribution in [-0.2, 0) is 19.1 Å². The summed E-state index contributed by atoms with van der Waals surface area (Å²) in [6.07, 6.45) is 0.361. The largest absolute Gasteiger partial charge is 0.468 e. The van der Waals surface area contributed by atoms with Crippen LogP contribution in [0.3, 0.4) is 0 Å². The molecule has 144 valence electrons. The van der Waals surface area contributed by atoms with Gasteiger partial charge in [0.15, 0.2) is 0 Å². The second kappa shape index (κ2) is 11.4. The van der Waals surface area contributed by atoms with Crippen LogP contribution in [0.25, 0.3) is 0 Å². The van der Waals surface area contributed by atoms with Crippen molar-refractivity contribution in [2.24, 2.45) is 0 Å². The first-order chi connectivity index (χ1) is 12.6. The monoisotopic (exact) mass is 400 g/mol. The van der Waals surface area contributed by atoms with E-state index in [1.165, 1.54) is 18.9 Å². The third kappa shape index (κ3) is 6.79. The van der Waals surface area contributed by atoms with Crippen molar-refractivity contribution in [3.05, 3.63) is 34.9 Å². The number of morpholine rings is 1. The van der Waals surface area contributed by atoms with Crippen molar-refractivity contribution in [3.8, 4) is 0 Å². The topological polar surface area (TPSA) is 67.9 Å². The van der Waals surface area contributed by atoms with Crippen molar-refractivity contribution in [3.63, 3.8) is 0 Å². The Labute approximate surface area is 163 Å². The number of thioether (sulfide) groups is 1. The van der Waals surface area contributed by atoms with Crippen molar-refractivity contribution in [2.75, 3.05) is 51.5 Å². The van der Waals surface area contributed by atoms with E-state index in [0.717, 1.165) is 18.7 Å². The second-order valence-corrected chi connectivity index (χ2v) is 7.38. The summed E-state index contributed by atoms with van der Waals surface area (Å²) in [5, 5.41) is 3.70. The zero-order valence-corrected chi connectivity index (χ0v) is 16.5. The van der Waals surface area contributed by atoms with Crippen LogP contribution in [0.5, 0.6) is 0 Å². The first-order valence-electron chi connectivity index (χ1n) is 8.59. The number of carbonyl (C=O) groups is 2. The fraction of sp³-hybridized carbons (Fsp3) is 0.556. The second-order valence-electron chi connectivity index (χ2n) is 5.87. The van der Waals surface area contributed by atoms with Gasteiger partial charge in [0.1, 0.15) is 0 Å². The molecule has 0 aromatic heterocycles. The molecular weight excluding hydrogens is 376 g/mol. The molecule has 1 aromatic rings. The Hall–Kier alpha value is -1.28. The lowest BCUT2D eigenvalue weighted by Gasteiger charge is -2.35. The van der Waals surface area contributed by atoms with Crippen molar-refractivity contribution >= 4 is 35.2 Å². The van der Waals surface area contributed by atoms with Gasteiger partial charge in [-0.05, 0) is 11.6 Å². The number of carbonyl (C=O) groups excluding carboxylic acids is 2. The van der Waals surface area contributed by atoms with Crippen LogP contribution < -0.4 is 5.32 Å². The van der Waals surface area contributed by atoms with Gasteiger partial charge >= 0.3 is 5.97 Å². The van der Waals surface area contributed by atoms with Gasteiger partial charge in [-0.15, -0.1) is 11.8 Å². The zero-order valence-electron chi connectivity index (χ0n) is 14.9. The first kappa shape index (κ1) is 21.0. The average molecular weight is 401 g/mol. The molecule has 1 aliphatic rings. The predicted octanol–water partition coefficient (Wildman–Crippen LogP) is 2.13. The first-order valence-corrected chi connectivity index (χ1v) is 10.1. The number of ether oxygens (including phenoxy) is 2. The number of nitrogens with one attached hydrogen (secondary N) is 1. The number of esters is 1. The number of rotatable bonds is 9. The minimum atomic E-state index is -0.276. The van der Waals surface area contributed by atoms with E-state index in [1.54, 1.807) is 0 Å². The highest BCUT2D eigenvalue weighted by molar-refractivity contribution is 7.99. The molecule has 1 aliphatic heterocycles. The molecule has 2 rings (SSSR count). The van der Waals surface area contributed by atoms with Crippen LogP contribution in [-0.4, -0.2) is 68.2 Å². The molecule has 0 radical (unpaired) electrons. The average Bonchev–Trinajstić information content (AvgIpc) is 2.67. The fourth-order valence-electron chi connectivity index (χ4n) is 2.75. The van der Waals surface area contributed by atoms with Gasteiger partial charge < -0.3 is 14.8 Å². The Bertz CT molecular complexity index is 596. The number of nitrogens with zero attached hydrogens (tertiary/aromatic N) is 1. The van der Waals surface area contributed by atoms with Gasteiger partial charge in [-0.1, -0.05) is 29.8 Å². The summed E-state index contributed by atoms with van der Waals surface area (Å²) >= 11 is 7.77. The maximum Gasteiger partial charge on any atom is 0.315 e. The minimum Gasteiger partial charge on any atom is -0.468 e. The molecule has 1 heterocycles. The Balaban J connectivity index is 1.87. The molecule has 1 amide bonds. The van der Waals surface area contributed by atoms with Crippen LogP contribution in [0.2, 0.25) is 5.02 Å². The Morgan fingerprint density at radius 1 is 1.35 bits per heavy atom. The van der Waals surface area contributed by atoms with Gasteiger partial charge in [0.2, 0.25) is 5.91 Å². The summed E-state index contributed by atoms with van der Waals surface area (Å²) in [5.74, 6) is 0.531. The zero-order chi connectivity index (χ0) is 18.8. The lowest BCUT2D eigenvalue weighted by molar-refractivity contribution is -0.137. The van der Waals surface area contributed by atoms with E-state index in [9.17, 15) is 9.59 Å². The standard InChI is InChI=1S/C18H25ClN2O4S/c1-24-18(23)13-26-11-6-17(22)20-12-16(21-7-9-25-10-8-21)14-4-2-3-5-15(14)19/h2-5,16H,6-13H2,1H3,(H,20,22). The number of benzene rings is 1. The molecule has 6 nitrogen and oxygen atoms in total. The van der Waals surface area contributed by atoms with Crippen molar-refractivity contribution in [1.82, 2.24) is 10.2 Å². The van der Waals surface area contributed by atoms with Gasteiger partial charge in [0.05, 0.1) is 32.1 Å². The van der Waals surface area contributed by atoms with E-state index in [-0.39, 0.29) is 23.7 Å². The van der Waals surface area contributed by atoms with Gasteiger partial charge in [-0.3, -0.25) is 14.5 Å². The Morgan fingerprint density at radius 3 is 2.77 bits per heavy atom. The normalized spacial score (nSPS) is 16.1. The summed E-state index contributed by atoms with van der Waals surface area (Å²) < 4.78 is 10.0. The van der Waals surface area contributed by atoms with E-state index in [4.69, 9.17) is 16.3 Å². The van der Waals surface area contributed by atoms with Gasteiger partial charge in [-0.2, -0.15) is 0 Å². The van der Waals surface area contributed by atoms with Crippen LogP contribution >= 0.6 is 23.4 Å². The molecule has 0 bridgehead atoms. The SMILES string of the molecule is COC(=O)CSCCC(=O)NCC(c1ccccc1Cl)N1CCOCC1. The molecule has 1 atom stereocenters. The maximum absolute atomic E-state index is 12.1. The van der Waals surface area contributed by atoms with E-state index >= 15 is 0 Å². The number of halogens is 1. The summed E-state index contributed by atoms with van der Waals surface area (Å²) in [7, 11) is 1.36. The minimum absolute atomic E-state index is 0.0132. The summed E-state index contributed by atoms with van der Waals surface area (Å²) in [6.45, 7) is 3.46. The highest BCUT2D eigenvalue weighted by Gasteiger charge is 2.24. The number of hydrogen-bond acceptors (Lipinski definition) is 6. The highest BCUT2D eigenvalue weighted by Crippen LogP contribution is 2.27. The van der Waals surface area contributed by atoms with Gasteiger partial charge in [0, 0.05) is 36.8 Å². The number of methoxy groups -OCH3 is 1. The van der Waals surface area contributed by atoms with Gasteiger partial charge in [0.25, 0.3) is 0 Å². The van der Waals surface area contributed by atoms with Crippen LogP contribution in [0, 0.1) is 0 Å². The summed E-state index contributed by atoms with van der Waals surface area (Å²) in [5.41, 5.74) is 1.01. The summed E-state index contributed by atoms with van der Waals surface area (Å²) in [6, 6.07) is 7.75. The van der Waals surface area contributed by atoms with Crippen molar-refractivity contribution < 1.29 is 19.1 Å². The number of hydrogen-bond donors (Lipinski definition) is 1. The smallest absolute Gasteiger partial charge is 0.315 e. The maximum atomic E-state index is 12.1. The molecule has 0 aliphatic carbocycles. The van der Waals surface area contributed by atoms with E-state index < -0.39 is 0 Å².